The molecule has 0 fully saturated rings. The first-order valence-corrected chi connectivity index (χ1v) is 4.87. The van der Waals surface area contributed by atoms with Crippen LogP contribution in [-0.2, 0) is 0 Å². The van der Waals surface area contributed by atoms with Crippen molar-refractivity contribution in [3.05, 3.63) is 0 Å². The van der Waals surface area contributed by atoms with Gasteiger partial charge >= 0.3 is 5.92 Å². The molecule has 0 saturated carbocycles. The fourth-order valence-corrected chi connectivity index (χ4v) is 1.59. The molecule has 0 nitrogen and oxygen atoms in total. The van der Waals surface area contributed by atoms with Crippen LogP contribution in [0.3, 0.4) is 0 Å². The Balaban J connectivity index is 2.59. The average molecular weight is 270 g/mol. The fraction of sp³-hybridized carbons (Fsp3) is 0.750. The van der Waals surface area contributed by atoms with Crippen molar-refractivity contribution in [3.63, 3.8) is 0 Å². The monoisotopic (exact) mass is 270 g/mol. The molecule has 0 bridgehead atoms. The van der Waals surface area contributed by atoms with E-state index in [1.165, 1.54) is 0 Å². The van der Waals surface area contributed by atoms with Gasteiger partial charge in [0, 0.05) is 16.8 Å². The molecule has 0 aromatic heterocycles. The highest BCUT2D eigenvalue weighted by Crippen LogP contribution is 2.26. The summed E-state index contributed by atoms with van der Waals surface area (Å²) in [5.74, 6) is 1.77. The standard InChI is InChI=1S/C8H9F2I/c9-8(10)5-2-1-3-7(11)4-6-8/h7H,1,3-4,6H2. The van der Waals surface area contributed by atoms with Crippen LogP contribution in [0.25, 0.3) is 0 Å². The second-order valence-corrected chi connectivity index (χ2v) is 4.44. The van der Waals surface area contributed by atoms with Crippen LogP contribution in [0.15, 0.2) is 0 Å². The summed E-state index contributed by atoms with van der Waals surface area (Å²) >= 11 is 2.21. The van der Waals surface area contributed by atoms with Gasteiger partial charge in [-0.05, 0) is 18.8 Å². The molecule has 0 aliphatic heterocycles. The average Bonchev–Trinajstić information content (AvgIpc) is 1.92. The van der Waals surface area contributed by atoms with Gasteiger partial charge in [-0.2, -0.15) is 8.78 Å². The molecule has 0 aromatic rings. The van der Waals surface area contributed by atoms with Gasteiger partial charge in [0.25, 0.3) is 0 Å². The topological polar surface area (TPSA) is 0 Å². The Morgan fingerprint density at radius 1 is 1.36 bits per heavy atom. The number of halogens is 3. The maximum Gasteiger partial charge on any atom is 0.308 e. The van der Waals surface area contributed by atoms with Gasteiger partial charge in [0.1, 0.15) is 0 Å². The molecule has 1 aliphatic carbocycles. The lowest BCUT2D eigenvalue weighted by atomic mass is 10.1. The molecule has 0 heterocycles. The fourth-order valence-electron chi connectivity index (χ4n) is 0.965. The molecule has 1 unspecified atom stereocenters. The summed E-state index contributed by atoms with van der Waals surface area (Å²) in [5, 5.41) is 0. The first-order chi connectivity index (χ1) is 5.10. The first-order valence-electron chi connectivity index (χ1n) is 3.62. The molecule has 0 saturated heterocycles. The molecular formula is C8H9F2I. The zero-order valence-electron chi connectivity index (χ0n) is 6.04. The lowest BCUT2D eigenvalue weighted by Gasteiger charge is -2.14. The minimum absolute atomic E-state index is 0.0758. The van der Waals surface area contributed by atoms with E-state index in [9.17, 15) is 8.78 Å². The second kappa shape index (κ2) is 3.70. The van der Waals surface area contributed by atoms with Crippen LogP contribution in [0.2, 0.25) is 0 Å². The van der Waals surface area contributed by atoms with Gasteiger partial charge < -0.3 is 0 Å². The summed E-state index contributed by atoms with van der Waals surface area (Å²) in [4.78, 5) is 0. The third-order valence-corrected chi connectivity index (χ3v) is 2.87. The normalized spacial score (nSPS) is 29.5. The van der Waals surface area contributed by atoms with E-state index in [1.807, 2.05) is 5.92 Å². The van der Waals surface area contributed by atoms with Crippen molar-refractivity contribution in [2.45, 2.75) is 35.5 Å². The maximum atomic E-state index is 12.6. The van der Waals surface area contributed by atoms with Crippen LogP contribution >= 0.6 is 22.6 Å². The van der Waals surface area contributed by atoms with Crippen molar-refractivity contribution in [1.82, 2.24) is 0 Å². The highest BCUT2D eigenvalue weighted by atomic mass is 127. The number of hydrogen-bond acceptors (Lipinski definition) is 0. The number of rotatable bonds is 0. The van der Waals surface area contributed by atoms with E-state index in [1.54, 1.807) is 0 Å². The zero-order chi connectivity index (χ0) is 8.32. The minimum Gasteiger partial charge on any atom is -0.192 e. The molecule has 1 atom stereocenters. The first kappa shape index (κ1) is 9.24. The summed E-state index contributed by atoms with van der Waals surface area (Å²) in [6, 6.07) is 0. The molecular weight excluding hydrogens is 261 g/mol. The highest BCUT2D eigenvalue weighted by molar-refractivity contribution is 14.1. The Hall–Kier alpha value is 0.150. The lowest BCUT2D eigenvalue weighted by Crippen LogP contribution is -2.16. The van der Waals surface area contributed by atoms with Crippen molar-refractivity contribution < 1.29 is 8.78 Å². The zero-order valence-corrected chi connectivity index (χ0v) is 8.20. The molecule has 0 aromatic carbocycles. The van der Waals surface area contributed by atoms with Crippen LogP contribution in [0.5, 0.6) is 0 Å². The van der Waals surface area contributed by atoms with Crippen LogP contribution in [0.1, 0.15) is 25.7 Å². The predicted molar refractivity (Wildman–Crippen MR) is 49.0 cm³/mol. The Morgan fingerprint density at radius 2 is 2.09 bits per heavy atom. The molecule has 0 radical (unpaired) electrons. The van der Waals surface area contributed by atoms with Gasteiger partial charge in [0.15, 0.2) is 0 Å². The molecule has 0 amide bonds. The third-order valence-electron chi connectivity index (χ3n) is 1.63. The van der Waals surface area contributed by atoms with Gasteiger partial charge in [-0.1, -0.05) is 28.5 Å². The van der Waals surface area contributed by atoms with Gasteiger partial charge in [0.2, 0.25) is 0 Å². The molecule has 0 N–H and O–H groups in total. The van der Waals surface area contributed by atoms with E-state index in [0.717, 1.165) is 6.42 Å². The Labute approximate surface area is 78.9 Å². The molecule has 1 aliphatic rings. The van der Waals surface area contributed by atoms with Crippen LogP contribution in [0, 0.1) is 11.8 Å². The maximum absolute atomic E-state index is 12.6. The van der Waals surface area contributed by atoms with E-state index >= 15 is 0 Å². The largest absolute Gasteiger partial charge is 0.308 e. The van der Waals surface area contributed by atoms with Gasteiger partial charge in [-0.3, -0.25) is 0 Å². The van der Waals surface area contributed by atoms with Crippen molar-refractivity contribution in [2.24, 2.45) is 0 Å². The van der Waals surface area contributed by atoms with Gasteiger partial charge in [0.05, 0.1) is 0 Å². The smallest absolute Gasteiger partial charge is 0.192 e. The Kier molecular flexibility index (Phi) is 3.11. The highest BCUT2D eigenvalue weighted by Gasteiger charge is 2.27. The summed E-state index contributed by atoms with van der Waals surface area (Å²) in [5.41, 5.74) is 0. The summed E-state index contributed by atoms with van der Waals surface area (Å²) in [7, 11) is 0. The lowest BCUT2D eigenvalue weighted by molar-refractivity contribution is 0.0537. The summed E-state index contributed by atoms with van der Waals surface area (Å²) in [6.45, 7) is 0. The summed E-state index contributed by atoms with van der Waals surface area (Å²) in [6.07, 6.45) is 2.07. The molecule has 3 heteroatoms. The summed E-state index contributed by atoms with van der Waals surface area (Å²) < 4.78 is 25.7. The van der Waals surface area contributed by atoms with Crippen LogP contribution in [-0.4, -0.2) is 9.85 Å². The van der Waals surface area contributed by atoms with E-state index < -0.39 is 5.92 Å². The number of hydrogen-bond donors (Lipinski definition) is 0. The molecule has 1 rings (SSSR count). The van der Waals surface area contributed by atoms with Crippen LogP contribution < -0.4 is 0 Å². The van der Waals surface area contributed by atoms with Crippen LogP contribution in [0.4, 0.5) is 8.78 Å². The quantitative estimate of drug-likeness (QED) is 0.360. The van der Waals surface area contributed by atoms with Gasteiger partial charge in [-0.15, -0.1) is 0 Å². The van der Waals surface area contributed by atoms with Crippen molar-refractivity contribution in [3.8, 4) is 11.8 Å². The Bertz CT molecular complexity index is 190. The third kappa shape index (κ3) is 3.37. The van der Waals surface area contributed by atoms with E-state index in [4.69, 9.17) is 0 Å². The van der Waals surface area contributed by atoms with Crippen molar-refractivity contribution in [1.29, 1.82) is 0 Å². The van der Waals surface area contributed by atoms with E-state index in [0.29, 0.717) is 16.8 Å². The minimum atomic E-state index is -2.73. The van der Waals surface area contributed by atoms with Crippen molar-refractivity contribution >= 4 is 22.6 Å². The molecule has 0 spiro atoms. The molecule has 62 valence electrons. The Morgan fingerprint density at radius 3 is 2.82 bits per heavy atom. The number of alkyl halides is 3. The van der Waals surface area contributed by atoms with Gasteiger partial charge in [-0.25, -0.2) is 0 Å². The van der Waals surface area contributed by atoms with E-state index in [-0.39, 0.29) is 6.42 Å². The molecule has 11 heavy (non-hydrogen) atoms. The SMILES string of the molecule is FC1(F)C#CCCC(I)CC1. The predicted octanol–water partition coefficient (Wildman–Crippen LogP) is 3.00. The second-order valence-electron chi connectivity index (χ2n) is 2.68. The van der Waals surface area contributed by atoms with Crippen molar-refractivity contribution in [2.75, 3.05) is 0 Å². The van der Waals surface area contributed by atoms with E-state index in [2.05, 4.69) is 28.5 Å².